The molecule has 0 saturated heterocycles. The van der Waals surface area contributed by atoms with Gasteiger partial charge in [0.15, 0.2) is 6.17 Å². The van der Waals surface area contributed by atoms with Crippen LogP contribution in [0.25, 0.3) is 0 Å². The number of hydrogen-bond acceptors (Lipinski definition) is 2. The van der Waals surface area contributed by atoms with Crippen molar-refractivity contribution < 1.29 is 9.50 Å². The molecule has 2 saturated carbocycles. The Morgan fingerprint density at radius 2 is 1.52 bits per heavy atom. The van der Waals surface area contributed by atoms with Gasteiger partial charge in [-0.1, -0.05) is 75.8 Å². The number of aromatic nitrogens is 1. The highest BCUT2D eigenvalue weighted by atomic mass is 19.1. The Hall–Kier alpha value is -1.74. The minimum Gasteiger partial charge on any atom is -0.388 e. The van der Waals surface area contributed by atoms with Gasteiger partial charge < -0.3 is 5.11 Å². The van der Waals surface area contributed by atoms with Crippen molar-refractivity contribution in [2.24, 2.45) is 5.41 Å². The number of benzene rings is 1. The highest BCUT2D eigenvalue weighted by Gasteiger charge is 2.40. The highest BCUT2D eigenvalue weighted by molar-refractivity contribution is 5.51. The van der Waals surface area contributed by atoms with Crippen LogP contribution in [0.5, 0.6) is 0 Å². The zero-order chi connectivity index (χ0) is 23.2. The van der Waals surface area contributed by atoms with Gasteiger partial charge in [0.1, 0.15) is 0 Å². The van der Waals surface area contributed by atoms with Crippen molar-refractivity contribution in [3.8, 4) is 0 Å². The number of pyridine rings is 1. The van der Waals surface area contributed by atoms with Crippen LogP contribution in [-0.2, 0) is 6.42 Å². The van der Waals surface area contributed by atoms with Gasteiger partial charge >= 0.3 is 0 Å². The second-order valence-corrected chi connectivity index (χ2v) is 11.8. The zero-order valence-corrected chi connectivity index (χ0v) is 20.7. The van der Waals surface area contributed by atoms with E-state index in [1.165, 1.54) is 32.1 Å². The summed E-state index contributed by atoms with van der Waals surface area (Å²) in [5.74, 6) is 0.684. The van der Waals surface area contributed by atoms with Gasteiger partial charge in [-0.05, 0) is 67.9 Å². The van der Waals surface area contributed by atoms with Gasteiger partial charge in [-0.25, -0.2) is 4.39 Å². The summed E-state index contributed by atoms with van der Waals surface area (Å²) < 4.78 is 16.7. The number of aliphatic hydroxyl groups is 1. The lowest BCUT2D eigenvalue weighted by Gasteiger charge is -2.39. The fourth-order valence-electron chi connectivity index (χ4n) is 6.87. The number of aryl methyl sites for hydroxylation is 1. The number of nitrogens with zero attached hydrogens (tertiary/aromatic N) is 1. The number of fused-ring (bicyclic) bond motifs is 1. The van der Waals surface area contributed by atoms with Crippen molar-refractivity contribution in [1.82, 2.24) is 4.98 Å². The quantitative estimate of drug-likeness (QED) is 0.511. The Labute approximate surface area is 199 Å². The van der Waals surface area contributed by atoms with Gasteiger partial charge in [0.2, 0.25) is 0 Å². The number of aliphatic hydroxyl groups excluding tert-OH is 1. The van der Waals surface area contributed by atoms with Crippen LogP contribution in [0.3, 0.4) is 0 Å². The van der Waals surface area contributed by atoms with Crippen LogP contribution < -0.4 is 0 Å². The summed E-state index contributed by atoms with van der Waals surface area (Å²) in [6.45, 7) is 6.51. The summed E-state index contributed by atoms with van der Waals surface area (Å²) in [5, 5.41) is 11.4. The standard InChI is InChI=1S/C30H40FNO/c1-19-13-15-21(16-14-19)28(31)27-25(20-9-5-4-6-10-20)26-23(17-30(2,3)18-24(26)33)32-29(27)22-11-7-8-12-22/h13-16,20,22,24,28,33H,4-12,17-18H2,1-3H3/t24-,28-/m0/s1. The lowest BCUT2D eigenvalue weighted by atomic mass is 9.69. The van der Waals surface area contributed by atoms with Crippen molar-refractivity contribution in [1.29, 1.82) is 0 Å². The molecular weight excluding hydrogens is 409 g/mol. The van der Waals surface area contributed by atoms with Crippen LogP contribution in [0.2, 0.25) is 0 Å². The lowest BCUT2D eigenvalue weighted by molar-refractivity contribution is 0.0960. The molecule has 2 atom stereocenters. The van der Waals surface area contributed by atoms with E-state index >= 15 is 4.39 Å². The van der Waals surface area contributed by atoms with E-state index < -0.39 is 12.3 Å². The maximum atomic E-state index is 16.7. The summed E-state index contributed by atoms with van der Waals surface area (Å²) in [7, 11) is 0. The highest BCUT2D eigenvalue weighted by Crippen LogP contribution is 2.51. The van der Waals surface area contributed by atoms with Gasteiger partial charge in [0, 0.05) is 22.7 Å². The van der Waals surface area contributed by atoms with Crippen molar-refractivity contribution >= 4 is 0 Å². The predicted octanol–water partition coefficient (Wildman–Crippen LogP) is 8.16. The molecule has 33 heavy (non-hydrogen) atoms. The van der Waals surface area contributed by atoms with E-state index in [1.807, 2.05) is 31.2 Å². The zero-order valence-electron chi connectivity index (χ0n) is 20.7. The van der Waals surface area contributed by atoms with E-state index in [0.717, 1.165) is 77.7 Å². The van der Waals surface area contributed by atoms with E-state index in [0.29, 0.717) is 11.8 Å². The smallest absolute Gasteiger partial charge is 0.152 e. The molecule has 1 heterocycles. The molecule has 0 amide bonds. The Kier molecular flexibility index (Phi) is 6.37. The molecule has 5 rings (SSSR count). The predicted molar refractivity (Wildman–Crippen MR) is 132 cm³/mol. The first kappa shape index (κ1) is 23.0. The molecule has 2 aromatic rings. The molecule has 2 fully saturated rings. The SMILES string of the molecule is Cc1ccc([C@H](F)c2c(C3CCCC3)nc3c(c2C2CCCCC2)[C@@H](O)CC(C)(C)C3)cc1. The topological polar surface area (TPSA) is 33.1 Å². The maximum Gasteiger partial charge on any atom is 0.152 e. The minimum atomic E-state index is -1.18. The van der Waals surface area contributed by atoms with E-state index in [4.69, 9.17) is 4.98 Å². The molecule has 3 heteroatoms. The lowest BCUT2D eigenvalue weighted by Crippen LogP contribution is -2.30. The Morgan fingerprint density at radius 3 is 2.18 bits per heavy atom. The molecule has 0 radical (unpaired) electrons. The van der Waals surface area contributed by atoms with Crippen LogP contribution in [0.15, 0.2) is 24.3 Å². The largest absolute Gasteiger partial charge is 0.388 e. The fourth-order valence-corrected chi connectivity index (χ4v) is 6.87. The van der Waals surface area contributed by atoms with Crippen LogP contribution in [0.1, 0.15) is 141 Å². The summed E-state index contributed by atoms with van der Waals surface area (Å²) in [4.78, 5) is 5.26. The third-order valence-corrected chi connectivity index (χ3v) is 8.53. The molecule has 3 aliphatic carbocycles. The molecule has 3 aliphatic rings. The number of hydrogen-bond donors (Lipinski definition) is 1. The first-order chi connectivity index (χ1) is 15.8. The van der Waals surface area contributed by atoms with Crippen LogP contribution >= 0.6 is 0 Å². The molecule has 0 aliphatic heterocycles. The average molecular weight is 450 g/mol. The van der Waals surface area contributed by atoms with E-state index in [1.54, 1.807) is 0 Å². The average Bonchev–Trinajstić information content (AvgIpc) is 3.32. The Bertz CT molecular complexity index is 983. The molecule has 0 spiro atoms. The molecular formula is C30H40FNO. The molecule has 2 nitrogen and oxygen atoms in total. The monoisotopic (exact) mass is 449 g/mol. The van der Waals surface area contributed by atoms with Gasteiger partial charge in [-0.15, -0.1) is 0 Å². The van der Waals surface area contributed by atoms with E-state index in [-0.39, 0.29) is 5.41 Å². The molecule has 0 unspecified atom stereocenters. The third kappa shape index (κ3) is 4.50. The van der Waals surface area contributed by atoms with Gasteiger partial charge in [0.25, 0.3) is 0 Å². The normalized spacial score (nSPS) is 24.6. The van der Waals surface area contributed by atoms with Crippen molar-refractivity contribution in [2.75, 3.05) is 0 Å². The first-order valence-electron chi connectivity index (χ1n) is 13.3. The molecule has 1 N–H and O–H groups in total. The minimum absolute atomic E-state index is 0.0176. The van der Waals surface area contributed by atoms with Crippen LogP contribution in [-0.4, -0.2) is 10.1 Å². The van der Waals surface area contributed by atoms with Crippen molar-refractivity contribution in [3.05, 3.63) is 63.5 Å². The van der Waals surface area contributed by atoms with Gasteiger partial charge in [0.05, 0.1) is 11.8 Å². The molecule has 1 aromatic heterocycles. The van der Waals surface area contributed by atoms with Crippen molar-refractivity contribution in [2.45, 2.75) is 116 Å². The Morgan fingerprint density at radius 1 is 0.909 bits per heavy atom. The summed E-state index contributed by atoms with van der Waals surface area (Å²) in [6, 6.07) is 7.92. The number of halogens is 1. The van der Waals surface area contributed by atoms with Crippen LogP contribution in [0.4, 0.5) is 4.39 Å². The fraction of sp³-hybridized carbons (Fsp3) is 0.633. The maximum absolute atomic E-state index is 16.7. The number of alkyl halides is 1. The molecule has 1 aromatic carbocycles. The second kappa shape index (κ2) is 9.13. The second-order valence-electron chi connectivity index (χ2n) is 11.8. The van der Waals surface area contributed by atoms with Crippen molar-refractivity contribution in [3.63, 3.8) is 0 Å². The summed E-state index contributed by atoms with van der Waals surface area (Å²) >= 11 is 0. The summed E-state index contributed by atoms with van der Waals surface area (Å²) in [6.07, 6.45) is 10.4. The van der Waals surface area contributed by atoms with Gasteiger partial charge in [-0.2, -0.15) is 0 Å². The molecule has 0 bridgehead atoms. The van der Waals surface area contributed by atoms with E-state index in [9.17, 15) is 5.11 Å². The van der Waals surface area contributed by atoms with Crippen LogP contribution in [0, 0.1) is 12.3 Å². The van der Waals surface area contributed by atoms with Gasteiger partial charge in [-0.3, -0.25) is 4.98 Å². The number of rotatable bonds is 4. The third-order valence-electron chi connectivity index (χ3n) is 8.53. The summed E-state index contributed by atoms with van der Waals surface area (Å²) in [5.41, 5.74) is 6.94. The molecule has 178 valence electrons. The first-order valence-corrected chi connectivity index (χ1v) is 13.3. The van der Waals surface area contributed by atoms with E-state index in [2.05, 4.69) is 13.8 Å². The Balaban J connectivity index is 1.75.